The molecule has 1 atom stereocenters. The number of carbonyl (C=O) groups is 1. The predicted molar refractivity (Wildman–Crippen MR) is 72.0 cm³/mol. The van der Waals surface area contributed by atoms with E-state index in [-0.39, 0.29) is 29.9 Å². The van der Waals surface area contributed by atoms with Gasteiger partial charge in [0.2, 0.25) is 0 Å². The summed E-state index contributed by atoms with van der Waals surface area (Å²) < 4.78 is 37.1. The lowest BCUT2D eigenvalue weighted by molar-refractivity contribution is -0.137. The Kier molecular flexibility index (Phi) is 5.83. The molecule has 0 spiro atoms. The van der Waals surface area contributed by atoms with Gasteiger partial charge in [0.1, 0.15) is 0 Å². The van der Waals surface area contributed by atoms with Crippen molar-refractivity contribution in [2.24, 2.45) is 0 Å². The zero-order chi connectivity index (χ0) is 13.9. The number of rotatable bonds is 3. The Morgan fingerprint density at radius 3 is 2.45 bits per heavy atom. The Labute approximate surface area is 121 Å². The van der Waals surface area contributed by atoms with Crippen molar-refractivity contribution in [3.05, 3.63) is 35.4 Å². The summed E-state index contributed by atoms with van der Waals surface area (Å²) in [6, 6.07) is 4.49. The van der Waals surface area contributed by atoms with E-state index in [1.807, 2.05) is 0 Å². The van der Waals surface area contributed by atoms with Crippen LogP contribution in [-0.2, 0) is 6.18 Å². The molecule has 20 heavy (non-hydrogen) atoms. The van der Waals surface area contributed by atoms with E-state index < -0.39 is 11.7 Å². The smallest absolute Gasteiger partial charge is 0.350 e. The van der Waals surface area contributed by atoms with Crippen molar-refractivity contribution in [1.29, 1.82) is 0 Å². The molecule has 1 saturated heterocycles. The molecule has 2 rings (SSSR count). The second-order valence-corrected chi connectivity index (χ2v) is 4.58. The topological polar surface area (TPSA) is 41.1 Å². The highest BCUT2D eigenvalue weighted by atomic mass is 35.5. The van der Waals surface area contributed by atoms with Gasteiger partial charge in [-0.1, -0.05) is 0 Å². The van der Waals surface area contributed by atoms with Gasteiger partial charge in [0.05, 0.1) is 5.56 Å². The molecule has 0 aliphatic carbocycles. The van der Waals surface area contributed by atoms with Crippen LogP contribution in [0.5, 0.6) is 0 Å². The lowest BCUT2D eigenvalue weighted by Gasteiger charge is -2.12. The average Bonchev–Trinajstić information content (AvgIpc) is 2.88. The van der Waals surface area contributed by atoms with Gasteiger partial charge in [-0.2, -0.15) is 13.2 Å². The first-order chi connectivity index (χ1) is 8.97. The standard InChI is InChI=1S/C13H15F3N2O.ClH/c14-13(15,16)10-5-3-9(4-6-10)12(19)18-8-11-2-1-7-17-11;/h3-6,11,17H,1-2,7-8H2,(H,18,19);1H. The molecule has 1 unspecified atom stereocenters. The Morgan fingerprint density at radius 2 is 1.95 bits per heavy atom. The van der Waals surface area contributed by atoms with Crippen LogP contribution in [0.4, 0.5) is 13.2 Å². The van der Waals surface area contributed by atoms with Crippen LogP contribution in [0.1, 0.15) is 28.8 Å². The first-order valence-electron chi connectivity index (χ1n) is 6.15. The number of hydrogen-bond acceptors (Lipinski definition) is 2. The van der Waals surface area contributed by atoms with E-state index in [0.29, 0.717) is 6.54 Å². The number of nitrogens with one attached hydrogen (secondary N) is 2. The highest BCUT2D eigenvalue weighted by Crippen LogP contribution is 2.29. The SMILES string of the molecule is Cl.O=C(NCC1CCCN1)c1ccc(C(F)(F)F)cc1. The fourth-order valence-corrected chi connectivity index (χ4v) is 2.06. The maximum absolute atomic E-state index is 12.4. The number of hydrogen-bond donors (Lipinski definition) is 2. The number of carbonyl (C=O) groups excluding carboxylic acids is 1. The number of alkyl halides is 3. The molecule has 112 valence electrons. The van der Waals surface area contributed by atoms with Crippen molar-refractivity contribution in [2.45, 2.75) is 25.1 Å². The van der Waals surface area contributed by atoms with Crippen molar-refractivity contribution in [3.8, 4) is 0 Å². The fraction of sp³-hybridized carbons (Fsp3) is 0.462. The molecule has 2 N–H and O–H groups in total. The van der Waals surface area contributed by atoms with E-state index in [1.165, 1.54) is 12.1 Å². The summed E-state index contributed by atoms with van der Waals surface area (Å²) in [5.41, 5.74) is -0.507. The zero-order valence-electron chi connectivity index (χ0n) is 10.7. The second-order valence-electron chi connectivity index (χ2n) is 4.58. The molecular formula is C13H16ClF3N2O. The van der Waals surface area contributed by atoms with Gasteiger partial charge in [0.15, 0.2) is 0 Å². The maximum atomic E-state index is 12.4. The Morgan fingerprint density at radius 1 is 1.30 bits per heavy atom. The van der Waals surface area contributed by atoms with E-state index in [9.17, 15) is 18.0 Å². The third-order valence-electron chi connectivity index (χ3n) is 3.15. The predicted octanol–water partition coefficient (Wildman–Crippen LogP) is 2.61. The highest BCUT2D eigenvalue weighted by Gasteiger charge is 2.30. The van der Waals surface area contributed by atoms with Crippen LogP contribution in [0.25, 0.3) is 0 Å². The minimum atomic E-state index is -4.37. The largest absolute Gasteiger partial charge is 0.416 e. The fourth-order valence-electron chi connectivity index (χ4n) is 2.06. The lowest BCUT2D eigenvalue weighted by atomic mass is 10.1. The molecule has 3 nitrogen and oxygen atoms in total. The molecule has 0 radical (unpaired) electrons. The average molecular weight is 309 g/mol. The Balaban J connectivity index is 0.00000200. The second kappa shape index (κ2) is 6.95. The quantitative estimate of drug-likeness (QED) is 0.901. The molecule has 1 aliphatic rings. The zero-order valence-corrected chi connectivity index (χ0v) is 11.5. The minimum Gasteiger partial charge on any atom is -0.350 e. The molecule has 0 aromatic heterocycles. The van der Waals surface area contributed by atoms with Gasteiger partial charge in [-0.3, -0.25) is 4.79 Å². The summed E-state index contributed by atoms with van der Waals surface area (Å²) in [7, 11) is 0. The normalized spacial score (nSPS) is 18.4. The van der Waals surface area contributed by atoms with Gasteiger partial charge < -0.3 is 10.6 Å². The molecular weight excluding hydrogens is 293 g/mol. The minimum absolute atomic E-state index is 0. The monoisotopic (exact) mass is 308 g/mol. The summed E-state index contributed by atoms with van der Waals surface area (Å²) >= 11 is 0. The van der Waals surface area contributed by atoms with Crippen molar-refractivity contribution in [3.63, 3.8) is 0 Å². The van der Waals surface area contributed by atoms with Crippen molar-refractivity contribution in [1.82, 2.24) is 10.6 Å². The first-order valence-corrected chi connectivity index (χ1v) is 6.15. The van der Waals surface area contributed by atoms with Crippen LogP contribution in [-0.4, -0.2) is 25.0 Å². The molecule has 1 aromatic rings. The van der Waals surface area contributed by atoms with Crippen LogP contribution < -0.4 is 10.6 Å². The maximum Gasteiger partial charge on any atom is 0.416 e. The van der Waals surface area contributed by atoms with Crippen molar-refractivity contribution < 1.29 is 18.0 Å². The van der Waals surface area contributed by atoms with Gasteiger partial charge in [-0.15, -0.1) is 12.4 Å². The molecule has 1 aromatic carbocycles. The molecule has 0 bridgehead atoms. The van der Waals surface area contributed by atoms with Gasteiger partial charge in [-0.05, 0) is 43.7 Å². The summed E-state index contributed by atoms with van der Waals surface area (Å²) in [6.07, 6.45) is -2.28. The number of benzene rings is 1. The van der Waals surface area contributed by atoms with Crippen LogP contribution in [0.3, 0.4) is 0 Å². The summed E-state index contributed by atoms with van der Waals surface area (Å²) in [6.45, 7) is 1.45. The van der Waals surface area contributed by atoms with Crippen molar-refractivity contribution >= 4 is 18.3 Å². The van der Waals surface area contributed by atoms with Gasteiger partial charge in [-0.25, -0.2) is 0 Å². The van der Waals surface area contributed by atoms with Crippen LogP contribution in [0, 0.1) is 0 Å². The Bertz CT molecular complexity index is 442. The summed E-state index contributed by atoms with van der Waals surface area (Å²) in [4.78, 5) is 11.7. The van der Waals surface area contributed by atoms with Gasteiger partial charge in [0.25, 0.3) is 5.91 Å². The third-order valence-corrected chi connectivity index (χ3v) is 3.15. The molecule has 1 aliphatic heterocycles. The van der Waals surface area contributed by atoms with E-state index in [0.717, 1.165) is 31.5 Å². The van der Waals surface area contributed by atoms with Crippen LogP contribution in [0.2, 0.25) is 0 Å². The Hall–Kier alpha value is -1.27. The molecule has 1 fully saturated rings. The first kappa shape index (κ1) is 16.8. The number of halogens is 4. The lowest BCUT2D eigenvalue weighted by Crippen LogP contribution is -2.37. The van der Waals surface area contributed by atoms with Gasteiger partial charge >= 0.3 is 6.18 Å². The molecule has 0 saturated carbocycles. The number of amides is 1. The van der Waals surface area contributed by atoms with E-state index in [1.54, 1.807) is 0 Å². The molecule has 1 heterocycles. The van der Waals surface area contributed by atoms with Crippen LogP contribution >= 0.6 is 12.4 Å². The molecule has 1 amide bonds. The van der Waals surface area contributed by atoms with E-state index >= 15 is 0 Å². The summed E-state index contributed by atoms with van der Waals surface area (Å²) in [5.74, 6) is -0.345. The molecule has 7 heteroatoms. The highest BCUT2D eigenvalue weighted by molar-refractivity contribution is 5.94. The van der Waals surface area contributed by atoms with Crippen LogP contribution in [0.15, 0.2) is 24.3 Å². The summed E-state index contributed by atoms with van der Waals surface area (Å²) in [5, 5.41) is 5.95. The van der Waals surface area contributed by atoms with E-state index in [2.05, 4.69) is 10.6 Å². The van der Waals surface area contributed by atoms with Crippen molar-refractivity contribution in [2.75, 3.05) is 13.1 Å². The van der Waals surface area contributed by atoms with E-state index in [4.69, 9.17) is 0 Å². The third kappa shape index (κ3) is 4.38. The van der Waals surface area contributed by atoms with Gasteiger partial charge in [0, 0.05) is 18.2 Å².